The number of aliphatic hydroxyl groups excluding tert-OH is 1. The predicted octanol–water partition coefficient (Wildman–Crippen LogP) is 6.00. The third-order valence-electron chi connectivity index (χ3n) is 3.62. The summed E-state index contributed by atoms with van der Waals surface area (Å²) in [6.45, 7) is 0.309. The van der Waals surface area contributed by atoms with Crippen molar-refractivity contribution in [2.45, 2.75) is 96.1 Å². The molecular formula is C16H31F3O. The Morgan fingerprint density at radius 3 is 1.10 bits per heavy atom. The van der Waals surface area contributed by atoms with E-state index in [0.29, 0.717) is 13.0 Å². The quantitative estimate of drug-likeness (QED) is 0.390. The number of hydrogen-bond acceptors (Lipinski definition) is 1. The van der Waals surface area contributed by atoms with Crippen LogP contribution >= 0.6 is 0 Å². The Hall–Kier alpha value is -0.250. The fourth-order valence-electron chi connectivity index (χ4n) is 2.38. The molecular weight excluding hydrogens is 265 g/mol. The summed E-state index contributed by atoms with van der Waals surface area (Å²) in [5, 5.41) is 8.63. The molecule has 0 aliphatic heterocycles. The minimum atomic E-state index is -3.98. The lowest BCUT2D eigenvalue weighted by Gasteiger charge is -2.05. The molecule has 0 aromatic heterocycles. The summed E-state index contributed by atoms with van der Waals surface area (Å²) in [6, 6.07) is 0. The van der Waals surface area contributed by atoms with Gasteiger partial charge in [-0.15, -0.1) is 0 Å². The van der Waals surface area contributed by atoms with Crippen LogP contribution < -0.4 is 0 Å². The van der Waals surface area contributed by atoms with Gasteiger partial charge in [0.1, 0.15) is 0 Å². The highest BCUT2D eigenvalue weighted by molar-refractivity contribution is 4.52. The minimum Gasteiger partial charge on any atom is -0.396 e. The van der Waals surface area contributed by atoms with Crippen molar-refractivity contribution in [2.24, 2.45) is 0 Å². The van der Waals surface area contributed by atoms with Crippen LogP contribution in [0.2, 0.25) is 0 Å². The lowest BCUT2D eigenvalue weighted by molar-refractivity contribution is -0.135. The third kappa shape index (κ3) is 17.8. The Bertz CT molecular complexity index is 193. The molecule has 0 bridgehead atoms. The molecule has 0 spiro atoms. The minimum absolute atomic E-state index is 0.289. The van der Waals surface area contributed by atoms with Gasteiger partial charge in [0.15, 0.2) is 0 Å². The molecule has 0 atom stereocenters. The van der Waals surface area contributed by atoms with Gasteiger partial charge in [0.05, 0.1) is 0 Å². The van der Waals surface area contributed by atoms with E-state index in [1.54, 1.807) is 0 Å². The smallest absolute Gasteiger partial charge is 0.389 e. The van der Waals surface area contributed by atoms with Gasteiger partial charge in [0, 0.05) is 13.0 Å². The van der Waals surface area contributed by atoms with Gasteiger partial charge in [-0.1, -0.05) is 70.6 Å². The molecule has 0 saturated carbocycles. The molecule has 0 fully saturated rings. The molecule has 0 unspecified atom stereocenters. The van der Waals surface area contributed by atoms with Gasteiger partial charge in [-0.05, 0) is 12.8 Å². The highest BCUT2D eigenvalue weighted by Crippen LogP contribution is 2.23. The number of unbranched alkanes of at least 4 members (excludes halogenated alkanes) is 12. The van der Waals surface area contributed by atoms with E-state index in [2.05, 4.69) is 0 Å². The van der Waals surface area contributed by atoms with Crippen molar-refractivity contribution in [2.75, 3.05) is 6.61 Å². The van der Waals surface area contributed by atoms with Crippen molar-refractivity contribution in [3.8, 4) is 0 Å². The Balaban J connectivity index is 2.99. The SMILES string of the molecule is OCCCCCCCCCCCCCCCC(F)(F)F. The molecule has 0 rings (SSSR count). The van der Waals surface area contributed by atoms with E-state index in [-0.39, 0.29) is 6.42 Å². The molecule has 0 heterocycles. The molecule has 122 valence electrons. The predicted molar refractivity (Wildman–Crippen MR) is 77.8 cm³/mol. The highest BCUT2D eigenvalue weighted by Gasteiger charge is 2.25. The van der Waals surface area contributed by atoms with Crippen molar-refractivity contribution >= 4 is 0 Å². The van der Waals surface area contributed by atoms with Gasteiger partial charge < -0.3 is 5.11 Å². The topological polar surface area (TPSA) is 20.2 Å². The summed E-state index contributed by atoms with van der Waals surface area (Å²) in [6.07, 6.45) is 9.15. The zero-order valence-corrected chi connectivity index (χ0v) is 12.7. The van der Waals surface area contributed by atoms with Gasteiger partial charge in [-0.25, -0.2) is 0 Å². The maximum absolute atomic E-state index is 11.9. The lowest BCUT2D eigenvalue weighted by atomic mass is 10.0. The first-order valence-corrected chi connectivity index (χ1v) is 8.24. The van der Waals surface area contributed by atoms with Gasteiger partial charge in [-0.3, -0.25) is 0 Å². The van der Waals surface area contributed by atoms with Crippen LogP contribution in [0, 0.1) is 0 Å². The fourth-order valence-corrected chi connectivity index (χ4v) is 2.38. The van der Waals surface area contributed by atoms with E-state index in [1.165, 1.54) is 38.5 Å². The Morgan fingerprint density at radius 1 is 0.500 bits per heavy atom. The molecule has 0 aliphatic carbocycles. The van der Waals surface area contributed by atoms with E-state index in [9.17, 15) is 13.2 Å². The van der Waals surface area contributed by atoms with Crippen molar-refractivity contribution in [1.82, 2.24) is 0 Å². The molecule has 0 amide bonds. The van der Waals surface area contributed by atoms with Crippen LogP contribution in [0.4, 0.5) is 13.2 Å². The maximum Gasteiger partial charge on any atom is 0.389 e. The average molecular weight is 296 g/mol. The second-order valence-electron chi connectivity index (χ2n) is 5.68. The van der Waals surface area contributed by atoms with Crippen LogP contribution in [-0.4, -0.2) is 17.9 Å². The van der Waals surface area contributed by atoms with Gasteiger partial charge >= 0.3 is 6.18 Å². The van der Waals surface area contributed by atoms with E-state index in [0.717, 1.165) is 32.1 Å². The lowest BCUT2D eigenvalue weighted by Crippen LogP contribution is -2.06. The molecule has 0 radical (unpaired) electrons. The first-order chi connectivity index (χ1) is 9.56. The summed E-state index contributed by atoms with van der Waals surface area (Å²) >= 11 is 0. The normalized spacial score (nSPS) is 12.0. The molecule has 0 saturated heterocycles. The summed E-state index contributed by atoms with van der Waals surface area (Å²) < 4.78 is 35.7. The van der Waals surface area contributed by atoms with Crippen LogP contribution in [-0.2, 0) is 0 Å². The van der Waals surface area contributed by atoms with Crippen molar-refractivity contribution < 1.29 is 18.3 Å². The van der Waals surface area contributed by atoms with E-state index in [4.69, 9.17) is 5.11 Å². The summed E-state index contributed by atoms with van der Waals surface area (Å²) in [4.78, 5) is 0. The van der Waals surface area contributed by atoms with Crippen LogP contribution in [0.3, 0.4) is 0 Å². The molecule has 4 heteroatoms. The van der Waals surface area contributed by atoms with Crippen LogP contribution in [0.1, 0.15) is 89.9 Å². The van der Waals surface area contributed by atoms with Gasteiger partial charge in [0.25, 0.3) is 0 Å². The standard InChI is InChI=1S/C16H31F3O/c17-16(18,19)14-12-10-8-6-4-2-1-3-5-7-9-11-13-15-20/h20H,1-15H2. The first-order valence-electron chi connectivity index (χ1n) is 8.24. The molecule has 0 aliphatic rings. The Morgan fingerprint density at radius 2 is 0.800 bits per heavy atom. The van der Waals surface area contributed by atoms with Crippen molar-refractivity contribution in [3.63, 3.8) is 0 Å². The van der Waals surface area contributed by atoms with E-state index < -0.39 is 12.6 Å². The summed E-state index contributed by atoms with van der Waals surface area (Å²) in [5.74, 6) is 0. The Labute approximate surface area is 122 Å². The number of rotatable bonds is 14. The second-order valence-corrected chi connectivity index (χ2v) is 5.68. The maximum atomic E-state index is 11.9. The van der Waals surface area contributed by atoms with Gasteiger partial charge in [0.2, 0.25) is 0 Å². The number of alkyl halides is 3. The van der Waals surface area contributed by atoms with E-state index in [1.807, 2.05) is 0 Å². The highest BCUT2D eigenvalue weighted by atomic mass is 19.4. The zero-order valence-electron chi connectivity index (χ0n) is 12.7. The number of aliphatic hydroxyl groups is 1. The van der Waals surface area contributed by atoms with Crippen LogP contribution in [0.5, 0.6) is 0 Å². The van der Waals surface area contributed by atoms with E-state index >= 15 is 0 Å². The molecule has 0 aromatic carbocycles. The third-order valence-corrected chi connectivity index (χ3v) is 3.62. The second kappa shape index (κ2) is 13.7. The van der Waals surface area contributed by atoms with Crippen molar-refractivity contribution in [3.05, 3.63) is 0 Å². The largest absolute Gasteiger partial charge is 0.396 e. The number of hydrogen-bond donors (Lipinski definition) is 1. The van der Waals surface area contributed by atoms with Crippen LogP contribution in [0.25, 0.3) is 0 Å². The van der Waals surface area contributed by atoms with Crippen LogP contribution in [0.15, 0.2) is 0 Å². The molecule has 0 aromatic rings. The number of halogens is 3. The summed E-state index contributed by atoms with van der Waals surface area (Å²) in [7, 11) is 0. The zero-order chi connectivity index (χ0) is 15.1. The average Bonchev–Trinajstić information content (AvgIpc) is 2.38. The first kappa shape index (κ1) is 19.8. The summed E-state index contributed by atoms with van der Waals surface area (Å²) in [5.41, 5.74) is 0. The monoisotopic (exact) mass is 296 g/mol. The fraction of sp³-hybridized carbons (Fsp3) is 1.00. The molecule has 1 nitrogen and oxygen atoms in total. The van der Waals surface area contributed by atoms with Crippen molar-refractivity contribution in [1.29, 1.82) is 0 Å². The molecule has 1 N–H and O–H groups in total. The van der Waals surface area contributed by atoms with Gasteiger partial charge in [-0.2, -0.15) is 13.2 Å². The molecule has 20 heavy (non-hydrogen) atoms. The Kier molecular flexibility index (Phi) is 13.5.